The van der Waals surface area contributed by atoms with Crippen LogP contribution in [0.1, 0.15) is 12.5 Å². The lowest BCUT2D eigenvalue weighted by atomic mass is 10.2. The van der Waals surface area contributed by atoms with Crippen LogP contribution < -0.4 is 15.0 Å². The van der Waals surface area contributed by atoms with Gasteiger partial charge in [0.05, 0.1) is 25.4 Å². The molecule has 0 aromatic heterocycles. The molecule has 0 aliphatic heterocycles. The van der Waals surface area contributed by atoms with Crippen molar-refractivity contribution in [1.82, 2.24) is 0 Å². The molecule has 3 rings (SSSR count). The Labute approximate surface area is 160 Å². The van der Waals surface area contributed by atoms with E-state index in [0.29, 0.717) is 13.2 Å². The Balaban J connectivity index is 1.75. The largest absolute Gasteiger partial charge is 0.492 e. The summed E-state index contributed by atoms with van der Waals surface area (Å²) in [5.74, 6) is 0.749. The van der Waals surface area contributed by atoms with Gasteiger partial charge in [-0.15, -0.1) is 0 Å². The first-order valence-corrected chi connectivity index (χ1v) is 9.13. The van der Waals surface area contributed by atoms with Gasteiger partial charge in [0.15, 0.2) is 0 Å². The number of rotatable bonds is 8. The van der Waals surface area contributed by atoms with Gasteiger partial charge in [-0.25, -0.2) is 0 Å². The van der Waals surface area contributed by atoms with Crippen molar-refractivity contribution in [2.24, 2.45) is 0 Å². The van der Waals surface area contributed by atoms with Gasteiger partial charge in [0, 0.05) is 5.69 Å². The summed E-state index contributed by atoms with van der Waals surface area (Å²) in [5.41, 5.74) is 2.79. The lowest BCUT2D eigenvalue weighted by Gasteiger charge is -2.24. The minimum Gasteiger partial charge on any atom is -0.492 e. The Hall–Kier alpha value is -3.27. The predicted molar refractivity (Wildman–Crippen MR) is 110 cm³/mol. The molecule has 0 radical (unpaired) electrons. The molecule has 0 atom stereocenters. The van der Waals surface area contributed by atoms with E-state index in [-0.39, 0.29) is 12.5 Å². The number of amides is 1. The van der Waals surface area contributed by atoms with Crippen molar-refractivity contribution >= 4 is 17.3 Å². The maximum Gasteiger partial charge on any atom is 0.246 e. The summed E-state index contributed by atoms with van der Waals surface area (Å²) in [6.45, 7) is 3.24. The van der Waals surface area contributed by atoms with Crippen LogP contribution in [0.5, 0.6) is 5.75 Å². The first-order chi connectivity index (χ1) is 13.3. The second kappa shape index (κ2) is 9.43. The number of hydrogen-bond donors (Lipinski definition) is 1. The smallest absolute Gasteiger partial charge is 0.246 e. The Bertz CT molecular complexity index is 851. The summed E-state index contributed by atoms with van der Waals surface area (Å²) in [6.07, 6.45) is 0. The maximum atomic E-state index is 13.0. The van der Waals surface area contributed by atoms with E-state index in [9.17, 15) is 4.79 Å². The van der Waals surface area contributed by atoms with Crippen molar-refractivity contribution in [2.45, 2.75) is 13.5 Å². The predicted octanol–water partition coefficient (Wildman–Crippen LogP) is 4.73. The number of nitrogens with one attached hydrogen (secondary N) is 1. The monoisotopic (exact) mass is 360 g/mol. The molecule has 4 heteroatoms. The fraction of sp³-hybridized carbons (Fsp3) is 0.174. The van der Waals surface area contributed by atoms with E-state index >= 15 is 0 Å². The number of para-hydroxylation sites is 3. The van der Waals surface area contributed by atoms with Crippen molar-refractivity contribution in [3.63, 3.8) is 0 Å². The van der Waals surface area contributed by atoms with Gasteiger partial charge in [-0.05, 0) is 36.8 Å². The molecule has 0 aliphatic rings. The third-order valence-electron chi connectivity index (χ3n) is 4.17. The van der Waals surface area contributed by atoms with Gasteiger partial charge in [0.25, 0.3) is 0 Å². The highest BCUT2D eigenvalue weighted by molar-refractivity contribution is 5.96. The highest BCUT2D eigenvalue weighted by Gasteiger charge is 2.16. The molecule has 4 nitrogen and oxygen atoms in total. The van der Waals surface area contributed by atoms with Crippen LogP contribution in [0.2, 0.25) is 0 Å². The standard InChI is InChI=1S/C23H24N2O2/c1-2-27-22-16-10-9-15-21(22)24-17-23(26)25(20-13-7-4-8-14-20)18-19-11-5-3-6-12-19/h3-16,24H,2,17-18H2,1H3. The molecule has 0 saturated carbocycles. The zero-order valence-electron chi connectivity index (χ0n) is 15.5. The van der Waals surface area contributed by atoms with Gasteiger partial charge in [0.1, 0.15) is 5.75 Å². The van der Waals surface area contributed by atoms with Crippen molar-refractivity contribution in [3.05, 3.63) is 90.5 Å². The zero-order valence-corrected chi connectivity index (χ0v) is 15.5. The number of ether oxygens (including phenoxy) is 1. The molecule has 0 fully saturated rings. The Morgan fingerprint density at radius 2 is 1.52 bits per heavy atom. The molecule has 1 amide bonds. The van der Waals surface area contributed by atoms with Crippen LogP contribution >= 0.6 is 0 Å². The molecule has 0 unspecified atom stereocenters. The molecule has 27 heavy (non-hydrogen) atoms. The van der Waals surface area contributed by atoms with Gasteiger partial charge >= 0.3 is 0 Å². The maximum absolute atomic E-state index is 13.0. The quantitative estimate of drug-likeness (QED) is 0.631. The first-order valence-electron chi connectivity index (χ1n) is 9.13. The van der Waals surface area contributed by atoms with Crippen LogP contribution in [0.3, 0.4) is 0 Å². The molecule has 0 heterocycles. The van der Waals surface area contributed by atoms with Gasteiger partial charge in [0.2, 0.25) is 5.91 Å². The molecule has 0 saturated heterocycles. The number of carbonyl (C=O) groups excluding carboxylic acids is 1. The second-order valence-corrected chi connectivity index (χ2v) is 6.08. The summed E-state index contributed by atoms with van der Waals surface area (Å²) in [6, 6.07) is 27.4. The topological polar surface area (TPSA) is 41.6 Å². The molecular formula is C23H24N2O2. The van der Waals surface area contributed by atoms with Gasteiger partial charge < -0.3 is 15.0 Å². The second-order valence-electron chi connectivity index (χ2n) is 6.08. The van der Waals surface area contributed by atoms with E-state index in [1.165, 1.54) is 0 Å². The fourth-order valence-corrected chi connectivity index (χ4v) is 2.86. The molecular weight excluding hydrogens is 336 g/mol. The summed E-state index contributed by atoms with van der Waals surface area (Å²) in [4.78, 5) is 14.8. The first kappa shape index (κ1) is 18.5. The molecule has 0 spiro atoms. The summed E-state index contributed by atoms with van der Waals surface area (Å²) < 4.78 is 5.62. The summed E-state index contributed by atoms with van der Waals surface area (Å²) >= 11 is 0. The fourth-order valence-electron chi connectivity index (χ4n) is 2.86. The number of hydrogen-bond acceptors (Lipinski definition) is 3. The Morgan fingerprint density at radius 3 is 2.22 bits per heavy atom. The molecule has 3 aromatic carbocycles. The zero-order chi connectivity index (χ0) is 18.9. The molecule has 3 aromatic rings. The van der Waals surface area contributed by atoms with Crippen molar-refractivity contribution in [1.29, 1.82) is 0 Å². The van der Waals surface area contributed by atoms with E-state index in [2.05, 4.69) is 5.32 Å². The normalized spacial score (nSPS) is 10.3. The van der Waals surface area contributed by atoms with E-state index in [4.69, 9.17) is 4.74 Å². The third kappa shape index (κ3) is 5.11. The number of benzene rings is 3. The lowest BCUT2D eigenvalue weighted by molar-refractivity contribution is -0.117. The highest BCUT2D eigenvalue weighted by Crippen LogP contribution is 2.24. The van der Waals surface area contributed by atoms with E-state index in [1.54, 1.807) is 4.90 Å². The van der Waals surface area contributed by atoms with Crippen LogP contribution in [0.15, 0.2) is 84.9 Å². The SMILES string of the molecule is CCOc1ccccc1NCC(=O)N(Cc1ccccc1)c1ccccc1. The van der Waals surface area contributed by atoms with E-state index in [0.717, 1.165) is 22.7 Å². The van der Waals surface area contributed by atoms with Crippen molar-refractivity contribution < 1.29 is 9.53 Å². The van der Waals surface area contributed by atoms with Gasteiger partial charge in [-0.1, -0.05) is 60.7 Å². The highest BCUT2D eigenvalue weighted by atomic mass is 16.5. The van der Waals surface area contributed by atoms with Crippen LogP contribution in [-0.2, 0) is 11.3 Å². The summed E-state index contributed by atoms with van der Waals surface area (Å²) in [7, 11) is 0. The average Bonchev–Trinajstić information content (AvgIpc) is 2.73. The van der Waals surface area contributed by atoms with Crippen LogP contribution in [0, 0.1) is 0 Å². The Kier molecular flexibility index (Phi) is 6.47. The molecule has 138 valence electrons. The van der Waals surface area contributed by atoms with Crippen LogP contribution in [0.25, 0.3) is 0 Å². The molecule has 1 N–H and O–H groups in total. The minimum atomic E-state index is -0.00338. The lowest BCUT2D eigenvalue weighted by Crippen LogP contribution is -2.35. The molecule has 0 aliphatic carbocycles. The average molecular weight is 360 g/mol. The number of carbonyl (C=O) groups is 1. The van der Waals surface area contributed by atoms with Gasteiger partial charge in [-0.2, -0.15) is 0 Å². The van der Waals surface area contributed by atoms with E-state index in [1.807, 2.05) is 91.9 Å². The summed E-state index contributed by atoms with van der Waals surface area (Å²) in [5, 5.41) is 3.22. The van der Waals surface area contributed by atoms with Crippen molar-refractivity contribution in [2.75, 3.05) is 23.4 Å². The molecule has 0 bridgehead atoms. The van der Waals surface area contributed by atoms with Gasteiger partial charge in [-0.3, -0.25) is 4.79 Å². The van der Waals surface area contributed by atoms with E-state index < -0.39 is 0 Å². The number of anilines is 2. The van der Waals surface area contributed by atoms with Crippen LogP contribution in [0.4, 0.5) is 11.4 Å². The van der Waals surface area contributed by atoms with Crippen LogP contribution in [-0.4, -0.2) is 19.1 Å². The third-order valence-corrected chi connectivity index (χ3v) is 4.17. The Morgan fingerprint density at radius 1 is 0.889 bits per heavy atom. The minimum absolute atomic E-state index is 0.00338. The number of nitrogens with zero attached hydrogens (tertiary/aromatic N) is 1. The van der Waals surface area contributed by atoms with Crippen molar-refractivity contribution in [3.8, 4) is 5.75 Å².